The number of carbonyl (C=O) groups is 1. The maximum Gasteiger partial charge on any atom is 0.417 e. The first-order chi connectivity index (χ1) is 17.3. The molecule has 5 nitrogen and oxygen atoms in total. The zero-order chi connectivity index (χ0) is 25.1. The molecule has 0 radical (unpaired) electrons. The van der Waals surface area contributed by atoms with E-state index >= 15 is 0 Å². The quantitative estimate of drug-likeness (QED) is 0.322. The van der Waals surface area contributed by atoms with Crippen LogP contribution in [0.1, 0.15) is 22.5 Å². The number of furan rings is 1. The van der Waals surface area contributed by atoms with E-state index in [0.717, 1.165) is 49.5 Å². The minimum absolute atomic E-state index is 0.251. The van der Waals surface area contributed by atoms with Gasteiger partial charge in [0, 0.05) is 24.3 Å². The third-order valence-corrected chi connectivity index (χ3v) is 6.12. The van der Waals surface area contributed by atoms with E-state index in [4.69, 9.17) is 9.15 Å². The maximum atomic E-state index is 12.9. The van der Waals surface area contributed by atoms with Crippen LogP contribution in [0.4, 0.5) is 23.7 Å². The van der Waals surface area contributed by atoms with Gasteiger partial charge >= 0.3 is 12.3 Å². The fraction of sp³-hybridized carbons (Fsp3) is 0.179. The number of rotatable bonds is 5. The van der Waals surface area contributed by atoms with Gasteiger partial charge < -0.3 is 9.15 Å². The number of nitrogens with zero attached hydrogens (tertiary/aromatic N) is 1. The molecular formula is C28H23F3N2O3. The number of alkyl halides is 3. The number of carbonyl (C=O) groups excluding carboxylic acids is 1. The molecule has 0 bridgehead atoms. The minimum atomic E-state index is -4.42. The van der Waals surface area contributed by atoms with Crippen LogP contribution >= 0.6 is 0 Å². The van der Waals surface area contributed by atoms with Gasteiger partial charge in [0.25, 0.3) is 0 Å². The smallest absolute Gasteiger partial charge is 0.417 e. The van der Waals surface area contributed by atoms with Gasteiger partial charge in [-0.3, -0.25) is 10.2 Å². The van der Waals surface area contributed by atoms with Gasteiger partial charge in [-0.2, -0.15) is 13.2 Å². The standard InChI is InChI=1S/C28H23F3N2O3/c29-28(30,31)22-10-7-19(8-11-22)25-5-1-2-6-26(25)36-27(34)32-23-12-9-21-17-33(14-13-20(21)16-23)18-24-4-3-15-35-24/h1-12,15-16H,13-14,17-18H2,(H,32,34). The molecule has 8 heteroatoms. The van der Waals surface area contributed by atoms with Crippen LogP contribution < -0.4 is 10.1 Å². The summed E-state index contributed by atoms with van der Waals surface area (Å²) in [6.07, 6.45) is -2.57. The van der Waals surface area contributed by atoms with Crippen LogP contribution in [0, 0.1) is 0 Å². The van der Waals surface area contributed by atoms with E-state index in [9.17, 15) is 18.0 Å². The van der Waals surface area contributed by atoms with Crippen molar-refractivity contribution >= 4 is 11.8 Å². The molecule has 5 rings (SSSR count). The van der Waals surface area contributed by atoms with Gasteiger partial charge in [0.1, 0.15) is 11.5 Å². The van der Waals surface area contributed by atoms with Crippen molar-refractivity contribution in [2.24, 2.45) is 0 Å². The Balaban J connectivity index is 1.25. The van der Waals surface area contributed by atoms with E-state index in [2.05, 4.69) is 10.2 Å². The molecule has 4 aromatic rings. The van der Waals surface area contributed by atoms with E-state index < -0.39 is 17.8 Å². The molecule has 1 N–H and O–H groups in total. The highest BCUT2D eigenvalue weighted by Gasteiger charge is 2.30. The number of ether oxygens (including phenoxy) is 1. The van der Waals surface area contributed by atoms with Gasteiger partial charge in [-0.15, -0.1) is 0 Å². The number of anilines is 1. The summed E-state index contributed by atoms with van der Waals surface area (Å²) in [5, 5.41) is 2.76. The number of halogens is 3. The normalized spacial score (nSPS) is 13.8. The molecule has 0 atom stereocenters. The van der Waals surface area contributed by atoms with Crippen molar-refractivity contribution in [2.75, 3.05) is 11.9 Å². The second-order valence-corrected chi connectivity index (χ2v) is 8.61. The summed E-state index contributed by atoms with van der Waals surface area (Å²) < 4.78 is 49.7. The van der Waals surface area contributed by atoms with Crippen LogP contribution in [0.15, 0.2) is 89.5 Å². The van der Waals surface area contributed by atoms with Gasteiger partial charge in [0.2, 0.25) is 0 Å². The highest BCUT2D eigenvalue weighted by atomic mass is 19.4. The van der Waals surface area contributed by atoms with Gasteiger partial charge in [0.05, 0.1) is 18.4 Å². The molecule has 0 saturated heterocycles. The van der Waals surface area contributed by atoms with E-state index in [1.807, 2.05) is 30.3 Å². The first-order valence-corrected chi connectivity index (χ1v) is 11.5. The summed E-state index contributed by atoms with van der Waals surface area (Å²) >= 11 is 0. The molecule has 0 unspecified atom stereocenters. The lowest BCUT2D eigenvalue weighted by Crippen LogP contribution is -2.30. The molecule has 0 spiro atoms. The molecule has 184 valence electrons. The number of fused-ring (bicyclic) bond motifs is 1. The van der Waals surface area contributed by atoms with Crippen LogP contribution in [0.3, 0.4) is 0 Å². The largest absolute Gasteiger partial charge is 0.468 e. The number of nitrogens with one attached hydrogen (secondary N) is 1. The van der Waals surface area contributed by atoms with Crippen molar-refractivity contribution in [1.29, 1.82) is 0 Å². The topological polar surface area (TPSA) is 54.7 Å². The zero-order valence-corrected chi connectivity index (χ0v) is 19.2. The maximum absolute atomic E-state index is 12.9. The Labute approximate surface area is 206 Å². The minimum Gasteiger partial charge on any atom is -0.468 e. The fourth-order valence-electron chi connectivity index (χ4n) is 4.32. The Bertz CT molecular complexity index is 1350. The zero-order valence-electron chi connectivity index (χ0n) is 19.2. The van der Waals surface area contributed by atoms with Crippen LogP contribution in [0.25, 0.3) is 11.1 Å². The number of hydrogen-bond donors (Lipinski definition) is 1. The Morgan fingerprint density at radius 2 is 1.78 bits per heavy atom. The van der Waals surface area contributed by atoms with E-state index in [-0.39, 0.29) is 5.75 Å². The Hall–Kier alpha value is -4.04. The number of para-hydroxylation sites is 1. The molecule has 1 aliphatic rings. The lowest BCUT2D eigenvalue weighted by Gasteiger charge is -2.28. The van der Waals surface area contributed by atoms with Crippen molar-refractivity contribution in [3.05, 3.63) is 108 Å². The monoisotopic (exact) mass is 492 g/mol. The first kappa shape index (κ1) is 23.7. The molecule has 1 aliphatic heterocycles. The van der Waals surface area contributed by atoms with Gasteiger partial charge in [0.15, 0.2) is 0 Å². The van der Waals surface area contributed by atoms with Crippen LogP contribution in [-0.2, 0) is 25.7 Å². The van der Waals surface area contributed by atoms with Crippen molar-refractivity contribution in [3.63, 3.8) is 0 Å². The molecule has 36 heavy (non-hydrogen) atoms. The van der Waals surface area contributed by atoms with Crippen molar-refractivity contribution in [2.45, 2.75) is 25.7 Å². The highest BCUT2D eigenvalue weighted by Crippen LogP contribution is 2.34. The lowest BCUT2D eigenvalue weighted by molar-refractivity contribution is -0.137. The Kier molecular flexibility index (Phi) is 6.52. The molecule has 1 amide bonds. The van der Waals surface area contributed by atoms with Crippen LogP contribution in [0.5, 0.6) is 5.75 Å². The lowest BCUT2D eigenvalue weighted by atomic mass is 9.99. The Morgan fingerprint density at radius 1 is 0.972 bits per heavy atom. The second-order valence-electron chi connectivity index (χ2n) is 8.61. The van der Waals surface area contributed by atoms with Crippen molar-refractivity contribution in [1.82, 2.24) is 4.90 Å². The van der Waals surface area contributed by atoms with E-state index in [0.29, 0.717) is 16.8 Å². The molecular weight excluding hydrogens is 469 g/mol. The fourth-order valence-corrected chi connectivity index (χ4v) is 4.32. The first-order valence-electron chi connectivity index (χ1n) is 11.5. The summed E-state index contributed by atoms with van der Waals surface area (Å²) in [5.41, 5.74) is 3.26. The number of benzene rings is 3. The third-order valence-electron chi connectivity index (χ3n) is 6.12. The van der Waals surface area contributed by atoms with Crippen molar-refractivity contribution in [3.8, 4) is 16.9 Å². The number of hydrogen-bond acceptors (Lipinski definition) is 4. The van der Waals surface area contributed by atoms with Gasteiger partial charge in [-0.05, 0) is 65.6 Å². The summed E-state index contributed by atoms with van der Waals surface area (Å²) in [6.45, 7) is 2.42. The highest BCUT2D eigenvalue weighted by molar-refractivity contribution is 5.88. The summed E-state index contributed by atoms with van der Waals surface area (Å²) in [5.74, 6) is 1.18. The average Bonchev–Trinajstić information content (AvgIpc) is 3.37. The Morgan fingerprint density at radius 3 is 2.53 bits per heavy atom. The third kappa shape index (κ3) is 5.44. The SMILES string of the molecule is O=C(Nc1ccc2c(c1)CCN(Cc1ccco1)C2)Oc1ccccc1-c1ccc(C(F)(F)F)cc1. The second kappa shape index (κ2) is 9.91. The molecule has 3 aromatic carbocycles. The number of amides is 1. The van der Waals surface area contributed by atoms with Crippen molar-refractivity contribution < 1.29 is 27.1 Å². The van der Waals surface area contributed by atoms with Crippen LogP contribution in [-0.4, -0.2) is 17.5 Å². The molecule has 0 saturated carbocycles. The van der Waals surface area contributed by atoms with E-state index in [1.165, 1.54) is 17.7 Å². The van der Waals surface area contributed by atoms with E-state index in [1.54, 1.807) is 30.5 Å². The summed E-state index contributed by atoms with van der Waals surface area (Å²) in [4.78, 5) is 15.0. The van der Waals surface area contributed by atoms with Crippen LogP contribution in [0.2, 0.25) is 0 Å². The molecule has 1 aromatic heterocycles. The predicted octanol–water partition coefficient (Wildman–Crippen LogP) is 7.13. The van der Waals surface area contributed by atoms with Gasteiger partial charge in [-0.25, -0.2) is 4.79 Å². The molecule has 0 fully saturated rings. The average molecular weight is 492 g/mol. The molecule has 2 heterocycles. The molecule has 0 aliphatic carbocycles. The summed E-state index contributed by atoms with van der Waals surface area (Å²) in [6, 6.07) is 21.1. The predicted molar refractivity (Wildman–Crippen MR) is 129 cm³/mol. The van der Waals surface area contributed by atoms with Gasteiger partial charge in [-0.1, -0.05) is 36.4 Å². The summed E-state index contributed by atoms with van der Waals surface area (Å²) in [7, 11) is 0.